The highest BCUT2D eigenvalue weighted by Gasteiger charge is 2.43. The maximum Gasteiger partial charge on any atom is 0.410 e. The molecule has 0 saturated carbocycles. The van der Waals surface area contributed by atoms with Crippen LogP contribution in [0.3, 0.4) is 0 Å². The quantitative estimate of drug-likeness (QED) is 0.125. The summed E-state index contributed by atoms with van der Waals surface area (Å²) in [7, 11) is 1.41. The Balaban J connectivity index is 1.18. The normalized spacial score (nSPS) is 17.6. The van der Waals surface area contributed by atoms with Gasteiger partial charge in [0.05, 0.1) is 13.7 Å². The summed E-state index contributed by atoms with van der Waals surface area (Å²) in [4.78, 5) is 42.1. The molecule has 0 unspecified atom stereocenters. The van der Waals surface area contributed by atoms with E-state index >= 15 is 0 Å². The third-order valence-electron chi connectivity index (χ3n) is 9.39. The van der Waals surface area contributed by atoms with Crippen molar-refractivity contribution in [3.05, 3.63) is 126 Å². The highest BCUT2D eigenvalue weighted by Crippen LogP contribution is 2.37. The number of esters is 1. The molecule has 2 saturated heterocycles. The number of likely N-dealkylation sites (tertiary alicyclic amines) is 2. The molecule has 0 spiro atoms. The first-order valence-corrected chi connectivity index (χ1v) is 17.8. The zero-order chi connectivity index (χ0) is 36.7. The Kier molecular flexibility index (Phi) is 11.4. The molecule has 6 rings (SSSR count). The third-order valence-corrected chi connectivity index (χ3v) is 9.39. The minimum atomic E-state index is -0.521. The van der Waals surface area contributed by atoms with Crippen LogP contribution in [-0.4, -0.2) is 73.2 Å². The molecule has 0 aliphatic carbocycles. The van der Waals surface area contributed by atoms with E-state index in [1.807, 2.05) is 118 Å². The summed E-state index contributed by atoms with van der Waals surface area (Å²) in [5, 5.41) is 3.07. The lowest BCUT2D eigenvalue weighted by atomic mass is 9.87. The molecule has 1 N–H and O–H groups in total. The van der Waals surface area contributed by atoms with Crippen LogP contribution in [0.25, 0.3) is 11.1 Å². The second-order valence-electron chi connectivity index (χ2n) is 14.5. The summed E-state index contributed by atoms with van der Waals surface area (Å²) >= 11 is 0. The molecule has 2 fully saturated rings. The number of allylic oxidation sites excluding steroid dienone is 1. The second-order valence-corrected chi connectivity index (χ2v) is 14.5. The maximum atomic E-state index is 13.2. The van der Waals surface area contributed by atoms with Gasteiger partial charge in [0.15, 0.2) is 0 Å². The number of para-hydroxylation sites is 1. The lowest BCUT2D eigenvalue weighted by molar-refractivity contribution is -0.140. The summed E-state index contributed by atoms with van der Waals surface area (Å²) in [5.74, 6) is 1.78. The Morgan fingerprint density at radius 3 is 1.83 bits per heavy atom. The minimum Gasteiger partial charge on any atom is -0.469 e. The number of benzene rings is 4. The summed E-state index contributed by atoms with van der Waals surface area (Å²) in [6.07, 6.45) is 0.436. The number of amides is 2. The average molecular weight is 702 g/mol. The Morgan fingerprint density at radius 2 is 1.25 bits per heavy atom. The standard InChI is InChI=1S/C43H47N3O6/c1-43(2,3)52-42(49)46-27-33-25-45(26-34(33)28-46)29-39(47)44-35-19-15-31(16-20-35)41(38(23-24-40(48)50-4)30-11-7-5-8-12-30)32-17-21-37(22-18-32)51-36-13-9-6-10-14-36/h5-22,33-34H,23-29H2,1-4H3,(H,44,47)/b41-38+/t33-,34+. The van der Waals surface area contributed by atoms with Gasteiger partial charge in [0, 0.05) is 38.3 Å². The van der Waals surface area contributed by atoms with Crippen molar-refractivity contribution in [2.45, 2.75) is 39.2 Å². The van der Waals surface area contributed by atoms with E-state index in [1.54, 1.807) is 4.90 Å². The fourth-order valence-corrected chi connectivity index (χ4v) is 7.03. The SMILES string of the molecule is COC(=O)CC/C(=C(/c1ccc(NC(=O)CN2C[C@@H]3CN(C(=O)OC(C)(C)C)C[C@@H]3C2)cc1)c1ccc(Oc2ccccc2)cc1)c1ccccc1. The van der Waals surface area contributed by atoms with Gasteiger partial charge in [-0.2, -0.15) is 0 Å². The number of nitrogens with zero attached hydrogens (tertiary/aromatic N) is 2. The van der Waals surface area contributed by atoms with Gasteiger partial charge in [-0.1, -0.05) is 72.8 Å². The first-order valence-electron chi connectivity index (χ1n) is 17.8. The van der Waals surface area contributed by atoms with Gasteiger partial charge in [-0.15, -0.1) is 0 Å². The second kappa shape index (κ2) is 16.3. The van der Waals surface area contributed by atoms with Crippen molar-refractivity contribution in [2.24, 2.45) is 11.8 Å². The summed E-state index contributed by atoms with van der Waals surface area (Å²) in [5.41, 5.74) is 5.07. The number of ether oxygens (including phenoxy) is 3. The molecule has 270 valence electrons. The topological polar surface area (TPSA) is 97.4 Å². The number of methoxy groups -OCH3 is 1. The van der Waals surface area contributed by atoms with Crippen LogP contribution in [0.5, 0.6) is 11.5 Å². The van der Waals surface area contributed by atoms with Crippen molar-refractivity contribution in [2.75, 3.05) is 45.2 Å². The van der Waals surface area contributed by atoms with E-state index in [-0.39, 0.29) is 30.9 Å². The zero-order valence-electron chi connectivity index (χ0n) is 30.3. The first-order chi connectivity index (χ1) is 25.0. The van der Waals surface area contributed by atoms with Crippen molar-refractivity contribution in [1.29, 1.82) is 0 Å². The van der Waals surface area contributed by atoms with E-state index in [0.29, 0.717) is 42.8 Å². The molecule has 52 heavy (non-hydrogen) atoms. The molecule has 2 atom stereocenters. The van der Waals surface area contributed by atoms with Gasteiger partial charge in [0.25, 0.3) is 0 Å². The monoisotopic (exact) mass is 701 g/mol. The third kappa shape index (κ3) is 9.47. The average Bonchev–Trinajstić information content (AvgIpc) is 3.70. The number of fused-ring (bicyclic) bond motifs is 1. The lowest BCUT2D eigenvalue weighted by Gasteiger charge is -2.25. The van der Waals surface area contributed by atoms with Crippen LogP contribution >= 0.6 is 0 Å². The van der Waals surface area contributed by atoms with Crippen molar-refractivity contribution >= 4 is 34.8 Å². The van der Waals surface area contributed by atoms with Gasteiger partial charge >= 0.3 is 12.1 Å². The molecule has 0 radical (unpaired) electrons. The Labute approximate surface area is 306 Å². The van der Waals surface area contributed by atoms with Crippen molar-refractivity contribution in [3.8, 4) is 11.5 Å². The number of hydrogen-bond donors (Lipinski definition) is 1. The van der Waals surface area contributed by atoms with Crippen LogP contribution in [-0.2, 0) is 19.1 Å². The summed E-state index contributed by atoms with van der Waals surface area (Å²) in [6, 6.07) is 35.5. The van der Waals surface area contributed by atoms with Crippen LogP contribution < -0.4 is 10.1 Å². The van der Waals surface area contributed by atoms with Gasteiger partial charge in [-0.25, -0.2) is 4.79 Å². The van der Waals surface area contributed by atoms with Crippen LogP contribution in [0.4, 0.5) is 10.5 Å². The van der Waals surface area contributed by atoms with Crippen molar-refractivity contribution < 1.29 is 28.6 Å². The van der Waals surface area contributed by atoms with E-state index in [0.717, 1.165) is 46.7 Å². The minimum absolute atomic E-state index is 0.0791. The van der Waals surface area contributed by atoms with Gasteiger partial charge in [-0.3, -0.25) is 14.5 Å². The molecular formula is C43H47N3O6. The molecule has 4 aromatic carbocycles. The van der Waals surface area contributed by atoms with Crippen molar-refractivity contribution in [3.63, 3.8) is 0 Å². The molecule has 9 heteroatoms. The van der Waals surface area contributed by atoms with Gasteiger partial charge < -0.3 is 24.4 Å². The van der Waals surface area contributed by atoms with Crippen LogP contribution in [0, 0.1) is 11.8 Å². The van der Waals surface area contributed by atoms with E-state index in [9.17, 15) is 14.4 Å². The fraction of sp³-hybridized carbons (Fsp3) is 0.326. The smallest absolute Gasteiger partial charge is 0.410 e. The molecule has 2 amide bonds. The summed E-state index contributed by atoms with van der Waals surface area (Å²) in [6.45, 7) is 8.77. The molecule has 2 aliphatic rings. The van der Waals surface area contributed by atoms with Crippen molar-refractivity contribution in [1.82, 2.24) is 9.80 Å². The fourth-order valence-electron chi connectivity index (χ4n) is 7.03. The predicted molar refractivity (Wildman–Crippen MR) is 203 cm³/mol. The number of nitrogens with one attached hydrogen (secondary N) is 1. The molecular weight excluding hydrogens is 654 g/mol. The Morgan fingerprint density at radius 1 is 0.692 bits per heavy atom. The number of rotatable bonds is 11. The van der Waals surface area contributed by atoms with E-state index in [2.05, 4.69) is 22.3 Å². The Hall–Kier alpha value is -5.41. The molecule has 0 bridgehead atoms. The molecule has 2 heterocycles. The highest BCUT2D eigenvalue weighted by atomic mass is 16.6. The van der Waals surface area contributed by atoms with Gasteiger partial charge in [-0.05, 0) is 103 Å². The summed E-state index contributed by atoms with van der Waals surface area (Å²) < 4.78 is 16.6. The van der Waals surface area contributed by atoms with Gasteiger partial charge in [0.1, 0.15) is 17.1 Å². The van der Waals surface area contributed by atoms with Crippen LogP contribution in [0.1, 0.15) is 50.3 Å². The molecule has 4 aromatic rings. The molecule has 0 aromatic heterocycles. The largest absolute Gasteiger partial charge is 0.469 e. The highest BCUT2D eigenvalue weighted by molar-refractivity contribution is 6.00. The van der Waals surface area contributed by atoms with Crippen LogP contribution in [0.15, 0.2) is 109 Å². The maximum absolute atomic E-state index is 13.2. The van der Waals surface area contributed by atoms with E-state index < -0.39 is 5.60 Å². The lowest BCUT2D eigenvalue weighted by Crippen LogP contribution is -2.38. The molecule has 9 nitrogen and oxygen atoms in total. The van der Waals surface area contributed by atoms with E-state index in [1.165, 1.54) is 7.11 Å². The van der Waals surface area contributed by atoms with E-state index in [4.69, 9.17) is 14.2 Å². The Bertz CT molecular complexity index is 1850. The number of hydrogen-bond acceptors (Lipinski definition) is 7. The first kappa shape index (κ1) is 36.4. The number of carbonyl (C=O) groups is 3. The van der Waals surface area contributed by atoms with Crippen LogP contribution in [0.2, 0.25) is 0 Å². The predicted octanol–water partition coefficient (Wildman–Crippen LogP) is 8.13. The zero-order valence-corrected chi connectivity index (χ0v) is 30.3. The van der Waals surface area contributed by atoms with Gasteiger partial charge in [0.2, 0.25) is 5.91 Å². The molecule has 2 aliphatic heterocycles. The number of anilines is 1. The number of carbonyl (C=O) groups excluding carboxylic acids is 3.